The van der Waals surface area contributed by atoms with Gasteiger partial charge in [0.2, 0.25) is 0 Å². The fourth-order valence-corrected chi connectivity index (χ4v) is 1.98. The molecular weight excluding hydrogens is 370 g/mol. The van der Waals surface area contributed by atoms with Gasteiger partial charge in [-0.3, -0.25) is 14.9 Å². The lowest BCUT2D eigenvalue weighted by atomic mass is 10.0. The van der Waals surface area contributed by atoms with E-state index in [2.05, 4.69) is 5.32 Å². The van der Waals surface area contributed by atoms with Gasteiger partial charge in [-0.05, 0) is 32.3 Å². The first-order valence-electron chi connectivity index (χ1n) is 8.50. The van der Waals surface area contributed by atoms with Crippen LogP contribution in [-0.2, 0) is 30.3 Å². The number of esters is 1. The zero-order valence-electron chi connectivity index (χ0n) is 15.7. The van der Waals surface area contributed by atoms with Gasteiger partial charge >= 0.3 is 23.9 Å². The first kappa shape index (κ1) is 24.8. The molecule has 154 valence electrons. The van der Waals surface area contributed by atoms with E-state index in [1.54, 1.807) is 6.92 Å². The molecule has 28 heavy (non-hydrogen) atoms. The lowest BCUT2D eigenvalue weighted by Gasteiger charge is -2.19. The summed E-state index contributed by atoms with van der Waals surface area (Å²) in [5, 5.41) is 27.3. The number of nitrogens with one attached hydrogen (secondary N) is 1. The predicted octanol–water partition coefficient (Wildman–Crippen LogP) is 1.33. The number of carbonyl (C=O) groups excluding carboxylic acids is 1. The second-order valence-electron chi connectivity index (χ2n) is 5.57. The number of carboxylic acid groups (broad SMARTS) is 3. The molecule has 0 heterocycles. The molecule has 1 unspecified atom stereocenters. The van der Waals surface area contributed by atoms with Crippen molar-refractivity contribution in [2.75, 3.05) is 6.61 Å². The van der Waals surface area contributed by atoms with Crippen molar-refractivity contribution in [3.63, 3.8) is 0 Å². The molecule has 1 aromatic rings. The van der Waals surface area contributed by atoms with Crippen LogP contribution in [-0.4, -0.2) is 57.9 Å². The van der Waals surface area contributed by atoms with Gasteiger partial charge in [0.25, 0.3) is 0 Å². The highest BCUT2D eigenvalue weighted by Crippen LogP contribution is 2.07. The number of aryl methyl sites for hydroxylation is 1. The molecule has 9 heteroatoms. The Kier molecular flexibility index (Phi) is 12.3. The van der Waals surface area contributed by atoms with Gasteiger partial charge in [0, 0.05) is 12.2 Å². The van der Waals surface area contributed by atoms with Gasteiger partial charge in [-0.2, -0.15) is 0 Å². The topological polar surface area (TPSA) is 150 Å². The van der Waals surface area contributed by atoms with E-state index in [1.807, 2.05) is 30.3 Å². The summed E-state index contributed by atoms with van der Waals surface area (Å²) >= 11 is 0. The Morgan fingerprint density at radius 1 is 1.04 bits per heavy atom. The fourth-order valence-electron chi connectivity index (χ4n) is 1.98. The molecule has 9 nitrogen and oxygen atoms in total. The van der Waals surface area contributed by atoms with Crippen LogP contribution in [0, 0.1) is 0 Å². The summed E-state index contributed by atoms with van der Waals surface area (Å²) in [5.74, 6) is -3.91. The van der Waals surface area contributed by atoms with Gasteiger partial charge in [-0.15, -0.1) is 0 Å². The summed E-state index contributed by atoms with van der Waals surface area (Å²) in [7, 11) is 0. The van der Waals surface area contributed by atoms with Crippen LogP contribution >= 0.6 is 0 Å². The lowest BCUT2D eigenvalue weighted by Crippen LogP contribution is -2.46. The molecule has 0 saturated heterocycles. The molecule has 0 fully saturated rings. The second-order valence-corrected chi connectivity index (χ2v) is 5.57. The van der Waals surface area contributed by atoms with Crippen LogP contribution in [0.15, 0.2) is 42.5 Å². The lowest BCUT2D eigenvalue weighted by molar-refractivity contribution is -0.147. The van der Waals surface area contributed by atoms with Crippen molar-refractivity contribution < 1.29 is 39.2 Å². The van der Waals surface area contributed by atoms with Crippen LogP contribution in [0.2, 0.25) is 0 Å². The molecule has 0 saturated carbocycles. The molecule has 0 spiro atoms. The third-order valence-corrected chi connectivity index (χ3v) is 3.33. The number of rotatable bonds is 10. The van der Waals surface area contributed by atoms with E-state index in [9.17, 15) is 19.2 Å². The van der Waals surface area contributed by atoms with Crippen molar-refractivity contribution in [1.29, 1.82) is 0 Å². The summed E-state index contributed by atoms with van der Waals surface area (Å²) in [4.78, 5) is 41.8. The number of hydrogen-bond donors (Lipinski definition) is 4. The van der Waals surface area contributed by atoms with Crippen molar-refractivity contribution >= 4 is 23.9 Å². The molecule has 1 rings (SSSR count). The maximum Gasteiger partial charge on any atom is 0.328 e. The number of hydrogen-bond acceptors (Lipinski definition) is 6. The number of carbonyl (C=O) groups is 4. The van der Waals surface area contributed by atoms with E-state index >= 15 is 0 Å². The molecular formula is C19H25NO8. The SMILES string of the molecule is CCOC(=O)C(CCc1ccccc1)N[C@@H](C)C(=O)O.O=C(O)/C=C\C(=O)O. The zero-order chi connectivity index (χ0) is 21.5. The largest absolute Gasteiger partial charge is 0.480 e. The Morgan fingerprint density at radius 3 is 2.00 bits per heavy atom. The van der Waals surface area contributed by atoms with E-state index in [0.717, 1.165) is 5.56 Å². The Hall–Kier alpha value is -3.20. The van der Waals surface area contributed by atoms with Crippen molar-refractivity contribution in [1.82, 2.24) is 5.32 Å². The zero-order valence-corrected chi connectivity index (χ0v) is 15.7. The first-order valence-corrected chi connectivity index (χ1v) is 8.50. The number of aliphatic carboxylic acids is 3. The average Bonchev–Trinajstić information content (AvgIpc) is 2.64. The van der Waals surface area contributed by atoms with Gasteiger partial charge in [0.05, 0.1) is 6.61 Å². The minimum Gasteiger partial charge on any atom is -0.480 e. The summed E-state index contributed by atoms with van der Waals surface area (Å²) in [6, 6.07) is 8.34. The van der Waals surface area contributed by atoms with Gasteiger partial charge in [-0.1, -0.05) is 30.3 Å². The highest BCUT2D eigenvalue weighted by atomic mass is 16.5. The van der Waals surface area contributed by atoms with E-state index in [-0.39, 0.29) is 6.61 Å². The van der Waals surface area contributed by atoms with E-state index < -0.39 is 36.0 Å². The highest BCUT2D eigenvalue weighted by molar-refractivity contribution is 5.89. The molecule has 4 N–H and O–H groups in total. The summed E-state index contributed by atoms with van der Waals surface area (Å²) < 4.78 is 4.98. The quantitative estimate of drug-likeness (QED) is 0.340. The molecule has 0 aliphatic carbocycles. The summed E-state index contributed by atoms with van der Waals surface area (Å²) in [6.45, 7) is 3.52. The average molecular weight is 395 g/mol. The highest BCUT2D eigenvalue weighted by Gasteiger charge is 2.24. The Bertz CT molecular complexity index is 656. The van der Waals surface area contributed by atoms with Gasteiger partial charge < -0.3 is 20.1 Å². The van der Waals surface area contributed by atoms with E-state index in [0.29, 0.717) is 25.0 Å². The minimum atomic E-state index is -1.26. The molecule has 0 aliphatic heterocycles. The van der Waals surface area contributed by atoms with Crippen molar-refractivity contribution in [2.45, 2.75) is 38.8 Å². The first-order chi connectivity index (χ1) is 13.2. The standard InChI is InChI=1S/C15H21NO4.C4H4O4/c1-3-20-15(19)13(16-11(2)14(17)18)10-9-12-7-5-4-6-8-12;5-3(6)1-2-4(7)8/h4-8,11,13,16H,3,9-10H2,1-2H3,(H,17,18);1-2H,(H,5,6)(H,7,8)/b;2-1-/t11-,13?;/m0./s1. The number of carboxylic acids is 3. The Labute approximate surface area is 162 Å². The maximum atomic E-state index is 11.8. The molecule has 0 amide bonds. The summed E-state index contributed by atoms with van der Waals surface area (Å²) in [5.41, 5.74) is 1.10. The Morgan fingerprint density at radius 2 is 1.57 bits per heavy atom. The predicted molar refractivity (Wildman–Crippen MR) is 99.8 cm³/mol. The van der Waals surface area contributed by atoms with Crippen molar-refractivity contribution in [3.8, 4) is 0 Å². The fraction of sp³-hybridized carbons (Fsp3) is 0.368. The Balaban J connectivity index is 0.000000769. The summed E-state index contributed by atoms with van der Waals surface area (Å²) in [6.07, 6.45) is 2.30. The third kappa shape index (κ3) is 12.2. The van der Waals surface area contributed by atoms with Crippen LogP contribution in [0.25, 0.3) is 0 Å². The maximum absolute atomic E-state index is 11.8. The van der Waals surface area contributed by atoms with Crippen LogP contribution in [0.1, 0.15) is 25.8 Å². The number of benzene rings is 1. The van der Waals surface area contributed by atoms with Gasteiger partial charge in [0.15, 0.2) is 0 Å². The van der Waals surface area contributed by atoms with Crippen LogP contribution < -0.4 is 5.32 Å². The van der Waals surface area contributed by atoms with Crippen LogP contribution in [0.3, 0.4) is 0 Å². The molecule has 2 atom stereocenters. The smallest absolute Gasteiger partial charge is 0.328 e. The third-order valence-electron chi connectivity index (χ3n) is 3.33. The van der Waals surface area contributed by atoms with Crippen LogP contribution in [0.5, 0.6) is 0 Å². The van der Waals surface area contributed by atoms with Gasteiger partial charge in [0.1, 0.15) is 12.1 Å². The monoisotopic (exact) mass is 395 g/mol. The van der Waals surface area contributed by atoms with Gasteiger partial charge in [-0.25, -0.2) is 9.59 Å². The number of ether oxygens (including phenoxy) is 1. The molecule has 0 aromatic heterocycles. The van der Waals surface area contributed by atoms with Crippen LogP contribution in [0.4, 0.5) is 0 Å². The normalized spacial score (nSPS) is 12.4. The molecule has 0 bridgehead atoms. The molecule has 0 radical (unpaired) electrons. The minimum absolute atomic E-state index is 0.282. The second kappa shape index (κ2) is 13.9. The van der Waals surface area contributed by atoms with Crippen molar-refractivity contribution in [3.05, 3.63) is 48.0 Å². The van der Waals surface area contributed by atoms with E-state index in [1.165, 1.54) is 6.92 Å². The van der Waals surface area contributed by atoms with E-state index in [4.69, 9.17) is 20.1 Å². The molecule has 1 aromatic carbocycles. The molecule has 0 aliphatic rings. The van der Waals surface area contributed by atoms with Crippen molar-refractivity contribution in [2.24, 2.45) is 0 Å².